The molecule has 0 saturated heterocycles. The fourth-order valence-electron chi connectivity index (χ4n) is 3.32. The average Bonchev–Trinajstić information content (AvgIpc) is 2.89. The molecule has 1 unspecified atom stereocenters. The Morgan fingerprint density at radius 3 is 2.41 bits per heavy atom. The fourth-order valence-corrected chi connectivity index (χ4v) is 6.79. The van der Waals surface area contributed by atoms with Crippen LogP contribution in [0.3, 0.4) is 0 Å². The van der Waals surface area contributed by atoms with E-state index in [2.05, 4.69) is 21.4 Å². The maximum Gasteiger partial charge on any atom is 0.422 e. The number of aliphatic imine (C=N–C) groups is 2. The van der Waals surface area contributed by atoms with Gasteiger partial charge >= 0.3 is 12.1 Å². The first-order chi connectivity index (χ1) is 19.1. The first-order valence-electron chi connectivity index (χ1n) is 11.9. The van der Waals surface area contributed by atoms with Crippen LogP contribution < -0.4 is 4.31 Å². The quantitative estimate of drug-likeness (QED) is 0.226. The van der Waals surface area contributed by atoms with Gasteiger partial charge in [-0.1, -0.05) is 23.8 Å². The van der Waals surface area contributed by atoms with Gasteiger partial charge < -0.3 is 9.84 Å². The lowest BCUT2D eigenvalue weighted by molar-refractivity contribution is -0.164. The highest BCUT2D eigenvalue weighted by Crippen LogP contribution is 2.34. The second-order valence-electron chi connectivity index (χ2n) is 8.91. The van der Waals surface area contributed by atoms with Crippen LogP contribution in [-0.4, -0.2) is 61.0 Å². The van der Waals surface area contributed by atoms with Crippen molar-refractivity contribution in [3.63, 3.8) is 0 Å². The number of hydrogen-bond acceptors (Lipinski definition) is 7. The molecule has 0 aliphatic heterocycles. The lowest BCUT2D eigenvalue weighted by Gasteiger charge is -2.26. The van der Waals surface area contributed by atoms with Gasteiger partial charge in [0.05, 0.1) is 39.0 Å². The van der Waals surface area contributed by atoms with E-state index < -0.39 is 45.5 Å². The van der Waals surface area contributed by atoms with Crippen LogP contribution >= 0.6 is 0 Å². The van der Waals surface area contributed by atoms with Gasteiger partial charge in [0.25, 0.3) is 10.0 Å². The van der Waals surface area contributed by atoms with E-state index >= 15 is 0 Å². The molecule has 2 aromatic rings. The highest BCUT2D eigenvalue weighted by molar-refractivity contribution is 7.94. The lowest BCUT2D eigenvalue weighted by Crippen LogP contribution is -2.35. The first-order valence-corrected chi connectivity index (χ1v) is 14.8. The van der Waals surface area contributed by atoms with Crippen LogP contribution in [0.2, 0.25) is 0 Å². The molecule has 0 aliphatic rings. The second kappa shape index (κ2) is 14.2. The molecular formula is C27H30F3N3O6S2. The standard InChI is InChI=1S/C27H30F3N3O6S2/c1-18(2)23(32-13-12-20(4)39-16-27(28,29)30)15-40(36)17-33(24-9-7-6-8-22(24)31-5)41(37,38)25-14-21(26(34)35)11-10-19(25)3/h6-14H,5,15-17H2,1-4H3,(H,34,35)/b20-12+,32-13?. The summed E-state index contributed by atoms with van der Waals surface area (Å²) >= 11 is 0. The summed E-state index contributed by atoms with van der Waals surface area (Å²) in [5, 5.41) is 9.41. The summed E-state index contributed by atoms with van der Waals surface area (Å²) in [5.74, 6) is -2.09. The normalized spacial score (nSPS) is 13.1. The number of benzene rings is 2. The number of aryl methyl sites for hydroxylation is 1. The molecule has 222 valence electrons. The minimum Gasteiger partial charge on any atom is -0.489 e. The number of carboxylic acid groups (broad SMARTS) is 1. The average molecular weight is 614 g/mol. The number of allylic oxidation sites excluding steroid dienone is 3. The smallest absolute Gasteiger partial charge is 0.422 e. The number of nitrogens with zero attached hydrogens (tertiary/aromatic N) is 3. The summed E-state index contributed by atoms with van der Waals surface area (Å²) in [4.78, 5) is 19.3. The van der Waals surface area contributed by atoms with E-state index in [0.29, 0.717) is 11.3 Å². The molecule has 0 spiro atoms. The molecule has 0 aliphatic carbocycles. The van der Waals surface area contributed by atoms with E-state index in [0.717, 1.165) is 10.4 Å². The highest BCUT2D eigenvalue weighted by atomic mass is 32.2. The SMILES string of the molecule is C=Nc1ccccc1N(CS(=O)CC(N=C/C=C(\C)OCC(F)(F)F)=C(C)C)S(=O)(=O)c1cc(C(=O)O)ccc1C. The molecule has 0 radical (unpaired) electrons. The van der Waals surface area contributed by atoms with Gasteiger partial charge in [-0.2, -0.15) is 13.2 Å². The summed E-state index contributed by atoms with van der Waals surface area (Å²) in [7, 11) is -6.34. The van der Waals surface area contributed by atoms with Crippen LogP contribution in [0.25, 0.3) is 0 Å². The Hall–Kier alpha value is -3.78. The van der Waals surface area contributed by atoms with Gasteiger partial charge in [-0.15, -0.1) is 0 Å². The molecule has 1 atom stereocenters. The number of anilines is 1. The van der Waals surface area contributed by atoms with Crippen molar-refractivity contribution in [1.82, 2.24) is 0 Å². The number of aromatic carboxylic acids is 1. The molecule has 0 saturated carbocycles. The molecule has 14 heteroatoms. The summed E-state index contributed by atoms with van der Waals surface area (Å²) in [6.45, 7) is 8.23. The fraction of sp³-hybridized carbons (Fsp3) is 0.296. The summed E-state index contributed by atoms with van der Waals surface area (Å²) < 4.78 is 83.8. The number of para-hydroxylation sites is 2. The maximum atomic E-state index is 13.9. The Balaban J connectivity index is 2.45. The molecular weight excluding hydrogens is 583 g/mol. The monoisotopic (exact) mass is 613 g/mol. The van der Waals surface area contributed by atoms with Gasteiger partial charge in [0.1, 0.15) is 5.88 Å². The van der Waals surface area contributed by atoms with E-state index in [4.69, 9.17) is 0 Å². The minimum absolute atomic E-state index is 0.0370. The number of sulfonamides is 1. The topological polar surface area (TPSA) is 126 Å². The van der Waals surface area contributed by atoms with E-state index in [1.54, 1.807) is 26.0 Å². The summed E-state index contributed by atoms with van der Waals surface area (Å²) in [6, 6.07) is 9.86. The van der Waals surface area contributed by atoms with Gasteiger partial charge in [0.15, 0.2) is 6.61 Å². The second-order valence-corrected chi connectivity index (χ2v) is 12.2. The molecule has 1 N–H and O–H groups in total. The number of hydrogen-bond donors (Lipinski definition) is 1. The van der Waals surface area contributed by atoms with Gasteiger partial charge in [-0.25, -0.2) is 13.2 Å². The molecule has 2 aromatic carbocycles. The molecule has 9 nitrogen and oxygen atoms in total. The van der Waals surface area contributed by atoms with Crippen LogP contribution in [-0.2, 0) is 25.6 Å². The van der Waals surface area contributed by atoms with Crippen molar-refractivity contribution < 1.29 is 40.4 Å². The van der Waals surface area contributed by atoms with Crippen LogP contribution in [0, 0.1) is 6.92 Å². The molecule has 0 aromatic heterocycles. The Kier molecular flexibility index (Phi) is 11.6. The largest absolute Gasteiger partial charge is 0.489 e. The van der Waals surface area contributed by atoms with Crippen LogP contribution in [0.5, 0.6) is 0 Å². The Morgan fingerprint density at radius 2 is 1.83 bits per heavy atom. The molecule has 0 amide bonds. The number of carbonyl (C=O) groups is 1. The predicted molar refractivity (Wildman–Crippen MR) is 154 cm³/mol. The third-order valence-electron chi connectivity index (χ3n) is 5.46. The van der Waals surface area contributed by atoms with Gasteiger partial charge in [-0.05, 0) is 70.3 Å². The predicted octanol–water partition coefficient (Wildman–Crippen LogP) is 5.77. The Bertz CT molecular complexity index is 1510. The highest BCUT2D eigenvalue weighted by Gasteiger charge is 2.31. The van der Waals surface area contributed by atoms with E-state index in [9.17, 15) is 35.7 Å². The third kappa shape index (κ3) is 9.67. The zero-order valence-electron chi connectivity index (χ0n) is 22.8. The molecule has 0 fully saturated rings. The van der Waals surface area contributed by atoms with Gasteiger partial charge in [-0.3, -0.25) is 18.5 Å². The Morgan fingerprint density at radius 1 is 1.17 bits per heavy atom. The first kappa shape index (κ1) is 33.4. The van der Waals surface area contributed by atoms with Crippen molar-refractivity contribution in [3.8, 4) is 0 Å². The van der Waals surface area contributed by atoms with Crippen molar-refractivity contribution in [2.75, 3.05) is 22.5 Å². The maximum absolute atomic E-state index is 13.9. The van der Waals surface area contributed by atoms with Gasteiger partial charge in [0.2, 0.25) is 0 Å². The van der Waals surface area contributed by atoms with Crippen molar-refractivity contribution in [1.29, 1.82) is 0 Å². The number of halogens is 3. The summed E-state index contributed by atoms with van der Waals surface area (Å²) in [6.07, 6.45) is -2.07. The van der Waals surface area contributed by atoms with Crippen LogP contribution in [0.4, 0.5) is 24.5 Å². The van der Waals surface area contributed by atoms with Gasteiger partial charge in [0, 0.05) is 17.0 Å². The van der Waals surface area contributed by atoms with E-state index in [1.165, 1.54) is 50.4 Å². The number of ether oxygens (including phenoxy) is 1. The number of rotatable bonds is 13. The number of carboxylic acids is 1. The number of alkyl halides is 3. The summed E-state index contributed by atoms with van der Waals surface area (Å²) in [5.41, 5.74) is 1.27. The van der Waals surface area contributed by atoms with Crippen LogP contribution in [0.1, 0.15) is 36.7 Å². The molecule has 0 bridgehead atoms. The van der Waals surface area contributed by atoms with Crippen LogP contribution in [0.15, 0.2) is 80.5 Å². The molecule has 2 rings (SSSR count). The Labute approximate surface area is 239 Å². The van der Waals surface area contributed by atoms with E-state index in [-0.39, 0.29) is 38.9 Å². The minimum atomic E-state index is -4.49. The van der Waals surface area contributed by atoms with E-state index in [1.807, 2.05) is 0 Å². The van der Waals surface area contributed by atoms with Crippen molar-refractivity contribution in [3.05, 3.63) is 76.7 Å². The third-order valence-corrected chi connectivity index (χ3v) is 8.67. The zero-order valence-corrected chi connectivity index (χ0v) is 24.4. The zero-order chi connectivity index (χ0) is 31.0. The molecule has 0 heterocycles. The van der Waals surface area contributed by atoms with Crippen molar-refractivity contribution in [2.45, 2.75) is 38.8 Å². The lowest BCUT2D eigenvalue weighted by atomic mass is 10.1. The van der Waals surface area contributed by atoms with Crippen molar-refractivity contribution >= 4 is 51.1 Å². The van der Waals surface area contributed by atoms with Crippen molar-refractivity contribution in [2.24, 2.45) is 9.98 Å². The molecule has 41 heavy (non-hydrogen) atoms.